The van der Waals surface area contributed by atoms with Crippen molar-refractivity contribution in [1.82, 2.24) is 0 Å². The van der Waals surface area contributed by atoms with Crippen molar-refractivity contribution in [3.05, 3.63) is 101 Å². The van der Waals surface area contributed by atoms with E-state index in [0.29, 0.717) is 17.3 Å². The van der Waals surface area contributed by atoms with Gasteiger partial charge in [-0.25, -0.2) is 0 Å². The first-order valence-electron chi connectivity index (χ1n) is 19.1. The molecule has 2 aromatic carbocycles. The Hall–Kier alpha value is -2.34. The summed E-state index contributed by atoms with van der Waals surface area (Å²) >= 11 is 0. The van der Waals surface area contributed by atoms with Crippen LogP contribution in [0, 0.1) is 18.3 Å². The fourth-order valence-corrected chi connectivity index (χ4v) is 5.75. The molecule has 0 aliphatic rings. The summed E-state index contributed by atoms with van der Waals surface area (Å²) in [7, 11) is 0. The Morgan fingerprint density at radius 1 is 0.804 bits per heavy atom. The third kappa shape index (κ3) is 20.7. The lowest BCUT2D eigenvalue weighted by atomic mass is 9.83. The number of allylic oxidation sites excluding steroid dienone is 3. The minimum absolute atomic E-state index is 0.314. The number of hydrogen-bond donors (Lipinski definition) is 0. The fourth-order valence-electron chi connectivity index (χ4n) is 5.75. The minimum Gasteiger partial charge on any atom is -0.103 e. The summed E-state index contributed by atoms with van der Waals surface area (Å²) < 4.78 is 0. The van der Waals surface area contributed by atoms with E-state index in [4.69, 9.17) is 0 Å². The standard InChI is InChI=1S/C38H56.4C2H6/c1-11-13-14-15-16-32(19-17-29(5)27-38(8,9)10)23-33-21-22-36(30(6)12-2)35(24-33)25-34-20-18-31(7)37(26-34)28(3)4;4*1-2/h11,18,20-22,24,26,28,32H,1,5-6,12-17,19,23,25,27H2,2-4,7-10H3;4*1-2H3/t32-;;;;/m1..../s1. The lowest BCUT2D eigenvalue weighted by molar-refractivity contribution is 0.386. The summed E-state index contributed by atoms with van der Waals surface area (Å²) in [4.78, 5) is 0. The van der Waals surface area contributed by atoms with E-state index >= 15 is 0 Å². The molecular formula is C46H80. The quantitative estimate of drug-likeness (QED) is 0.128. The number of rotatable bonds is 16. The van der Waals surface area contributed by atoms with Crippen molar-refractivity contribution in [3.8, 4) is 0 Å². The predicted octanol–water partition coefficient (Wildman–Crippen LogP) is 15.9. The van der Waals surface area contributed by atoms with Gasteiger partial charge in [-0.3, -0.25) is 0 Å². The lowest BCUT2D eigenvalue weighted by Crippen LogP contribution is -2.09. The van der Waals surface area contributed by atoms with Crippen molar-refractivity contribution in [2.45, 2.75) is 174 Å². The average molecular weight is 633 g/mol. The molecule has 0 radical (unpaired) electrons. The van der Waals surface area contributed by atoms with Crippen molar-refractivity contribution >= 4 is 5.57 Å². The van der Waals surface area contributed by atoms with Gasteiger partial charge in [0.05, 0.1) is 0 Å². The fraction of sp³-hybridized carbons (Fsp3) is 0.609. The first-order chi connectivity index (χ1) is 21.9. The average Bonchev–Trinajstić information content (AvgIpc) is 3.05. The molecule has 0 spiro atoms. The Balaban J connectivity index is -0.00000214. The second-order valence-electron chi connectivity index (χ2n) is 13.1. The molecule has 46 heavy (non-hydrogen) atoms. The highest BCUT2D eigenvalue weighted by molar-refractivity contribution is 5.67. The van der Waals surface area contributed by atoms with Crippen molar-refractivity contribution in [2.75, 3.05) is 0 Å². The highest BCUT2D eigenvalue weighted by atomic mass is 14.2. The van der Waals surface area contributed by atoms with E-state index < -0.39 is 0 Å². The monoisotopic (exact) mass is 633 g/mol. The van der Waals surface area contributed by atoms with Gasteiger partial charge in [0.15, 0.2) is 0 Å². The van der Waals surface area contributed by atoms with Gasteiger partial charge in [-0.05, 0) is 114 Å². The van der Waals surface area contributed by atoms with E-state index in [-0.39, 0.29) is 0 Å². The van der Waals surface area contributed by atoms with Crippen molar-refractivity contribution in [1.29, 1.82) is 0 Å². The molecule has 0 saturated heterocycles. The maximum Gasteiger partial charge on any atom is -0.00195 e. The van der Waals surface area contributed by atoms with Crippen LogP contribution in [0.5, 0.6) is 0 Å². The summed E-state index contributed by atoms with van der Waals surface area (Å²) in [6.45, 7) is 44.7. The van der Waals surface area contributed by atoms with Gasteiger partial charge in [0.25, 0.3) is 0 Å². The molecule has 0 amide bonds. The predicted molar refractivity (Wildman–Crippen MR) is 218 cm³/mol. The van der Waals surface area contributed by atoms with Crippen LogP contribution in [-0.4, -0.2) is 0 Å². The second kappa shape index (κ2) is 28.8. The minimum atomic E-state index is 0.314. The van der Waals surface area contributed by atoms with Gasteiger partial charge in [0.1, 0.15) is 0 Å². The number of hydrogen-bond acceptors (Lipinski definition) is 0. The van der Waals surface area contributed by atoms with Gasteiger partial charge in [0, 0.05) is 0 Å². The summed E-state index contributed by atoms with van der Waals surface area (Å²) in [6, 6.07) is 14.2. The smallest absolute Gasteiger partial charge is 0.00195 e. The molecule has 0 heteroatoms. The van der Waals surface area contributed by atoms with Crippen LogP contribution in [0.25, 0.3) is 5.57 Å². The molecule has 0 aliphatic heterocycles. The summed E-state index contributed by atoms with van der Waals surface area (Å²) in [5.74, 6) is 1.23. The van der Waals surface area contributed by atoms with Gasteiger partial charge in [-0.15, -0.1) is 6.58 Å². The van der Waals surface area contributed by atoms with E-state index in [0.717, 1.165) is 38.5 Å². The first kappa shape index (κ1) is 48.1. The SMILES string of the molecule is C=CCCCC[C@H](CCC(=C)CC(C)(C)C)Cc1ccc(C(=C)CC)c(Cc2ccc(C)c(C(C)C)c2)c1.CC.CC.CC.CC. The lowest BCUT2D eigenvalue weighted by Gasteiger charge is -2.23. The van der Waals surface area contributed by atoms with Crippen molar-refractivity contribution < 1.29 is 0 Å². The van der Waals surface area contributed by atoms with Crippen LogP contribution >= 0.6 is 0 Å². The van der Waals surface area contributed by atoms with Crippen LogP contribution in [0.4, 0.5) is 0 Å². The molecule has 0 nitrogen and oxygen atoms in total. The van der Waals surface area contributed by atoms with Gasteiger partial charge < -0.3 is 0 Å². The zero-order chi connectivity index (χ0) is 36.3. The van der Waals surface area contributed by atoms with Crippen LogP contribution < -0.4 is 0 Å². The highest BCUT2D eigenvalue weighted by Gasteiger charge is 2.16. The summed E-state index contributed by atoms with van der Waals surface area (Å²) in [5, 5.41) is 0. The molecule has 0 fully saturated rings. The van der Waals surface area contributed by atoms with E-state index in [1.807, 2.05) is 55.4 Å². The Bertz CT molecular complexity index is 1060. The van der Waals surface area contributed by atoms with E-state index in [1.54, 1.807) is 0 Å². The maximum atomic E-state index is 4.43. The van der Waals surface area contributed by atoms with Crippen molar-refractivity contribution in [3.63, 3.8) is 0 Å². The summed E-state index contributed by atoms with van der Waals surface area (Å²) in [5.41, 5.74) is 11.5. The Morgan fingerprint density at radius 3 is 1.91 bits per heavy atom. The van der Waals surface area contributed by atoms with Crippen molar-refractivity contribution in [2.24, 2.45) is 11.3 Å². The Kier molecular flexibility index (Phi) is 30.1. The zero-order valence-corrected chi connectivity index (χ0v) is 33.9. The normalized spacial score (nSPS) is 10.9. The molecule has 0 N–H and O–H groups in total. The molecule has 1 atom stereocenters. The van der Waals surface area contributed by atoms with E-state index in [1.165, 1.54) is 70.2 Å². The van der Waals surface area contributed by atoms with Gasteiger partial charge in [0.2, 0.25) is 0 Å². The molecule has 0 saturated carbocycles. The van der Waals surface area contributed by atoms with Crippen LogP contribution in [-0.2, 0) is 12.8 Å². The van der Waals surface area contributed by atoms with Crippen LogP contribution in [0.3, 0.4) is 0 Å². The molecule has 0 heterocycles. The second-order valence-corrected chi connectivity index (χ2v) is 13.1. The number of benzene rings is 2. The maximum absolute atomic E-state index is 4.43. The third-order valence-electron chi connectivity index (χ3n) is 7.82. The molecular weight excluding hydrogens is 553 g/mol. The Labute approximate surface area is 291 Å². The molecule has 264 valence electrons. The van der Waals surface area contributed by atoms with Crippen LogP contribution in [0.2, 0.25) is 0 Å². The van der Waals surface area contributed by atoms with Gasteiger partial charge in [-0.2, -0.15) is 0 Å². The van der Waals surface area contributed by atoms with Gasteiger partial charge in [-0.1, -0.05) is 171 Å². The number of unbranched alkanes of at least 4 members (excludes halogenated alkanes) is 2. The molecule has 0 aromatic heterocycles. The van der Waals surface area contributed by atoms with Gasteiger partial charge >= 0.3 is 0 Å². The highest BCUT2D eigenvalue weighted by Crippen LogP contribution is 2.31. The largest absolute Gasteiger partial charge is 0.103 e. The first-order valence-corrected chi connectivity index (χ1v) is 19.1. The Morgan fingerprint density at radius 2 is 1.39 bits per heavy atom. The van der Waals surface area contributed by atoms with E-state index in [2.05, 4.69) is 111 Å². The molecule has 0 bridgehead atoms. The van der Waals surface area contributed by atoms with Crippen LogP contribution in [0.15, 0.2) is 67.8 Å². The zero-order valence-electron chi connectivity index (χ0n) is 33.9. The van der Waals surface area contributed by atoms with Crippen LogP contribution in [0.1, 0.15) is 188 Å². The third-order valence-corrected chi connectivity index (χ3v) is 7.82. The molecule has 2 rings (SSSR count). The molecule has 0 unspecified atom stereocenters. The number of aryl methyl sites for hydroxylation is 1. The molecule has 0 aliphatic carbocycles. The summed E-state index contributed by atoms with van der Waals surface area (Å²) in [6.07, 6.45) is 13.6. The van der Waals surface area contributed by atoms with E-state index in [9.17, 15) is 0 Å². The topological polar surface area (TPSA) is 0 Å². The molecule has 2 aromatic rings.